The maximum absolute atomic E-state index is 12.1. The van der Waals surface area contributed by atoms with Crippen LogP contribution in [-0.2, 0) is 4.79 Å². The average Bonchev–Trinajstić information content (AvgIpc) is 2.24. The van der Waals surface area contributed by atoms with Crippen molar-refractivity contribution < 1.29 is 14.7 Å². The number of rotatable bonds is 4. The van der Waals surface area contributed by atoms with Gasteiger partial charge in [-0.1, -0.05) is 17.7 Å². The normalized spacial score (nSPS) is 10.1. The Morgan fingerprint density at radius 2 is 1.94 bits per heavy atom. The van der Waals surface area contributed by atoms with Crippen LogP contribution in [0.2, 0.25) is 0 Å². The first-order chi connectivity index (χ1) is 7.95. The van der Waals surface area contributed by atoms with Crippen LogP contribution in [0.15, 0.2) is 18.2 Å². The van der Waals surface area contributed by atoms with Gasteiger partial charge < -0.3 is 10.0 Å². The molecule has 0 spiro atoms. The van der Waals surface area contributed by atoms with Crippen molar-refractivity contribution in [3.8, 4) is 0 Å². The van der Waals surface area contributed by atoms with E-state index in [4.69, 9.17) is 5.11 Å². The van der Waals surface area contributed by atoms with Crippen LogP contribution in [0.25, 0.3) is 0 Å². The van der Waals surface area contributed by atoms with Crippen molar-refractivity contribution in [1.82, 2.24) is 4.90 Å². The van der Waals surface area contributed by atoms with Crippen LogP contribution in [0.3, 0.4) is 0 Å². The average molecular weight is 235 g/mol. The summed E-state index contributed by atoms with van der Waals surface area (Å²) in [6.07, 6.45) is 0. The maximum Gasteiger partial charge on any atom is 0.323 e. The van der Waals surface area contributed by atoms with E-state index in [0.29, 0.717) is 12.1 Å². The summed E-state index contributed by atoms with van der Waals surface area (Å²) < 4.78 is 0. The zero-order chi connectivity index (χ0) is 13.0. The molecule has 1 N–H and O–H groups in total. The van der Waals surface area contributed by atoms with Gasteiger partial charge in [0.25, 0.3) is 5.91 Å². The topological polar surface area (TPSA) is 57.6 Å². The molecule has 0 unspecified atom stereocenters. The molecular weight excluding hydrogens is 218 g/mol. The largest absolute Gasteiger partial charge is 0.480 e. The van der Waals surface area contributed by atoms with E-state index >= 15 is 0 Å². The van der Waals surface area contributed by atoms with Crippen LogP contribution >= 0.6 is 0 Å². The van der Waals surface area contributed by atoms with E-state index < -0.39 is 5.97 Å². The Balaban J connectivity index is 2.97. The number of carbonyl (C=O) groups excluding carboxylic acids is 1. The van der Waals surface area contributed by atoms with Gasteiger partial charge >= 0.3 is 5.97 Å². The Bertz CT molecular complexity index is 440. The molecule has 0 bridgehead atoms. The minimum Gasteiger partial charge on any atom is -0.480 e. The molecule has 0 aliphatic rings. The van der Waals surface area contributed by atoms with Crippen molar-refractivity contribution in [2.24, 2.45) is 0 Å². The van der Waals surface area contributed by atoms with Crippen molar-refractivity contribution in [2.45, 2.75) is 20.8 Å². The van der Waals surface area contributed by atoms with Gasteiger partial charge in [-0.3, -0.25) is 9.59 Å². The van der Waals surface area contributed by atoms with E-state index in [1.54, 1.807) is 13.0 Å². The van der Waals surface area contributed by atoms with Crippen LogP contribution in [0.4, 0.5) is 0 Å². The standard InChI is InChI=1S/C13H17NO3/c1-4-14(8-12(15)16)13(17)11-6-5-9(2)7-10(11)3/h5-7H,4,8H2,1-3H3,(H,15,16). The molecule has 0 radical (unpaired) electrons. The van der Waals surface area contributed by atoms with Gasteiger partial charge in [0, 0.05) is 12.1 Å². The van der Waals surface area contributed by atoms with E-state index in [0.717, 1.165) is 11.1 Å². The predicted octanol–water partition coefficient (Wildman–Crippen LogP) is 1.85. The highest BCUT2D eigenvalue weighted by Gasteiger charge is 2.18. The Hall–Kier alpha value is -1.84. The molecule has 1 rings (SSSR count). The van der Waals surface area contributed by atoms with Crippen LogP contribution in [0.5, 0.6) is 0 Å². The highest BCUT2D eigenvalue weighted by Crippen LogP contribution is 2.13. The number of aliphatic carboxylic acids is 1. The number of carboxylic acids is 1. The van der Waals surface area contributed by atoms with Crippen molar-refractivity contribution >= 4 is 11.9 Å². The molecule has 1 aromatic carbocycles. The Morgan fingerprint density at radius 3 is 2.41 bits per heavy atom. The summed E-state index contributed by atoms with van der Waals surface area (Å²) in [4.78, 5) is 24.1. The molecule has 0 saturated carbocycles. The molecule has 0 aliphatic heterocycles. The lowest BCUT2D eigenvalue weighted by atomic mass is 10.0. The van der Waals surface area contributed by atoms with Crippen molar-refractivity contribution in [3.63, 3.8) is 0 Å². The second-order valence-corrected chi connectivity index (χ2v) is 4.03. The number of aryl methyl sites for hydroxylation is 2. The van der Waals surface area contributed by atoms with E-state index in [9.17, 15) is 9.59 Å². The molecular formula is C13H17NO3. The van der Waals surface area contributed by atoms with Crippen molar-refractivity contribution in [1.29, 1.82) is 0 Å². The molecule has 0 aliphatic carbocycles. The Labute approximate surface area is 101 Å². The Morgan fingerprint density at radius 1 is 1.29 bits per heavy atom. The molecule has 1 amide bonds. The van der Waals surface area contributed by atoms with E-state index in [-0.39, 0.29) is 12.5 Å². The summed E-state index contributed by atoms with van der Waals surface area (Å²) in [7, 11) is 0. The molecule has 0 heterocycles. The van der Waals surface area contributed by atoms with Crippen LogP contribution in [0.1, 0.15) is 28.4 Å². The number of carboxylic acid groups (broad SMARTS) is 1. The highest BCUT2D eigenvalue weighted by atomic mass is 16.4. The third-order valence-electron chi connectivity index (χ3n) is 2.61. The lowest BCUT2D eigenvalue weighted by molar-refractivity contribution is -0.137. The number of nitrogens with zero attached hydrogens (tertiary/aromatic N) is 1. The van der Waals surface area contributed by atoms with Crippen LogP contribution < -0.4 is 0 Å². The highest BCUT2D eigenvalue weighted by molar-refractivity contribution is 5.97. The second kappa shape index (κ2) is 5.48. The van der Waals surface area contributed by atoms with Gasteiger partial charge in [-0.2, -0.15) is 0 Å². The fourth-order valence-electron chi connectivity index (χ4n) is 1.71. The van der Waals surface area contributed by atoms with Crippen molar-refractivity contribution in [2.75, 3.05) is 13.1 Å². The van der Waals surface area contributed by atoms with Crippen LogP contribution in [-0.4, -0.2) is 35.0 Å². The summed E-state index contributed by atoms with van der Waals surface area (Å²) >= 11 is 0. The molecule has 17 heavy (non-hydrogen) atoms. The van der Waals surface area contributed by atoms with Gasteiger partial charge in [-0.05, 0) is 32.4 Å². The first-order valence-electron chi connectivity index (χ1n) is 5.54. The summed E-state index contributed by atoms with van der Waals surface area (Å²) in [5.41, 5.74) is 2.53. The molecule has 0 aromatic heterocycles. The second-order valence-electron chi connectivity index (χ2n) is 4.03. The monoisotopic (exact) mass is 235 g/mol. The lowest BCUT2D eigenvalue weighted by Gasteiger charge is -2.19. The lowest BCUT2D eigenvalue weighted by Crippen LogP contribution is -2.35. The van der Waals surface area contributed by atoms with E-state index in [2.05, 4.69) is 0 Å². The zero-order valence-electron chi connectivity index (χ0n) is 10.4. The first kappa shape index (κ1) is 13.2. The van der Waals surface area contributed by atoms with Gasteiger partial charge in [0.1, 0.15) is 6.54 Å². The van der Waals surface area contributed by atoms with Gasteiger partial charge in [-0.15, -0.1) is 0 Å². The quantitative estimate of drug-likeness (QED) is 0.866. The smallest absolute Gasteiger partial charge is 0.323 e. The molecule has 92 valence electrons. The molecule has 0 fully saturated rings. The molecule has 4 nitrogen and oxygen atoms in total. The molecule has 0 atom stereocenters. The van der Waals surface area contributed by atoms with Gasteiger partial charge in [0.05, 0.1) is 0 Å². The SMILES string of the molecule is CCN(CC(=O)O)C(=O)c1ccc(C)cc1C. The predicted molar refractivity (Wildman–Crippen MR) is 65.1 cm³/mol. The number of hydrogen-bond donors (Lipinski definition) is 1. The Kier molecular flexibility index (Phi) is 4.26. The minimum absolute atomic E-state index is 0.229. The minimum atomic E-state index is -0.995. The number of carbonyl (C=O) groups is 2. The fraction of sp³-hybridized carbons (Fsp3) is 0.385. The fourth-order valence-corrected chi connectivity index (χ4v) is 1.71. The molecule has 0 saturated heterocycles. The number of likely N-dealkylation sites (N-methyl/N-ethyl adjacent to an activating group) is 1. The summed E-state index contributed by atoms with van der Waals surface area (Å²) in [6.45, 7) is 5.70. The third kappa shape index (κ3) is 3.31. The zero-order valence-corrected chi connectivity index (χ0v) is 10.4. The van der Waals surface area contributed by atoms with E-state index in [1.165, 1.54) is 4.90 Å². The maximum atomic E-state index is 12.1. The van der Waals surface area contributed by atoms with Crippen LogP contribution in [0, 0.1) is 13.8 Å². The molecule has 4 heteroatoms. The number of benzene rings is 1. The number of amides is 1. The van der Waals surface area contributed by atoms with Gasteiger partial charge in [-0.25, -0.2) is 0 Å². The third-order valence-corrected chi connectivity index (χ3v) is 2.61. The summed E-state index contributed by atoms with van der Waals surface area (Å²) in [5, 5.41) is 8.73. The summed E-state index contributed by atoms with van der Waals surface area (Å²) in [6, 6.07) is 5.52. The first-order valence-corrected chi connectivity index (χ1v) is 5.54. The van der Waals surface area contributed by atoms with Gasteiger partial charge in [0.15, 0.2) is 0 Å². The molecule has 1 aromatic rings. The summed E-state index contributed by atoms with van der Waals surface area (Å²) in [5.74, 6) is -1.22. The van der Waals surface area contributed by atoms with Gasteiger partial charge in [0.2, 0.25) is 0 Å². The number of hydrogen-bond acceptors (Lipinski definition) is 2. The van der Waals surface area contributed by atoms with Crippen molar-refractivity contribution in [3.05, 3.63) is 34.9 Å². The van der Waals surface area contributed by atoms with E-state index in [1.807, 2.05) is 26.0 Å².